The van der Waals surface area contributed by atoms with Crippen LogP contribution in [0.5, 0.6) is 0 Å². The topological polar surface area (TPSA) is 60.8 Å². The van der Waals surface area contributed by atoms with Gasteiger partial charge in [-0.3, -0.25) is 0 Å². The quantitative estimate of drug-likeness (QED) is 0.728. The van der Waals surface area contributed by atoms with E-state index in [9.17, 15) is 4.79 Å². The third-order valence-corrected chi connectivity index (χ3v) is 2.88. The fraction of sp³-hybridized carbons (Fsp3) is 0.900. The van der Waals surface area contributed by atoms with Crippen LogP contribution in [-0.2, 0) is 0 Å². The Bertz CT molecular complexity index is 186. The SMILES string of the molecule is C[C@H](O)CCC1CCN(C(=O)O)CC1. The van der Waals surface area contributed by atoms with Gasteiger partial charge in [0, 0.05) is 13.1 Å². The fourth-order valence-electron chi connectivity index (χ4n) is 1.89. The minimum Gasteiger partial charge on any atom is -0.465 e. The summed E-state index contributed by atoms with van der Waals surface area (Å²) in [6.07, 6.45) is 2.70. The van der Waals surface area contributed by atoms with Gasteiger partial charge >= 0.3 is 6.09 Å². The maximum absolute atomic E-state index is 10.6. The molecule has 0 unspecified atom stereocenters. The molecule has 1 atom stereocenters. The second kappa shape index (κ2) is 5.20. The Morgan fingerprint density at radius 1 is 1.50 bits per heavy atom. The van der Waals surface area contributed by atoms with E-state index in [0.29, 0.717) is 19.0 Å². The van der Waals surface area contributed by atoms with Gasteiger partial charge in [-0.1, -0.05) is 0 Å². The molecular formula is C10H19NO3. The second-order valence-electron chi connectivity index (χ2n) is 4.14. The van der Waals surface area contributed by atoms with Gasteiger partial charge in [-0.25, -0.2) is 4.79 Å². The number of piperidine rings is 1. The molecule has 1 amide bonds. The summed E-state index contributed by atoms with van der Waals surface area (Å²) in [5.74, 6) is 0.597. The van der Waals surface area contributed by atoms with Crippen molar-refractivity contribution in [2.24, 2.45) is 5.92 Å². The first-order valence-corrected chi connectivity index (χ1v) is 5.25. The Morgan fingerprint density at radius 2 is 2.07 bits per heavy atom. The highest BCUT2D eigenvalue weighted by atomic mass is 16.4. The van der Waals surface area contributed by atoms with Crippen molar-refractivity contribution in [3.05, 3.63) is 0 Å². The van der Waals surface area contributed by atoms with Crippen LogP contribution in [0.3, 0.4) is 0 Å². The molecule has 0 aromatic heterocycles. The minimum atomic E-state index is -0.807. The number of hydrogen-bond acceptors (Lipinski definition) is 2. The van der Waals surface area contributed by atoms with E-state index in [1.807, 2.05) is 0 Å². The highest BCUT2D eigenvalue weighted by Crippen LogP contribution is 2.22. The van der Waals surface area contributed by atoms with E-state index in [1.54, 1.807) is 6.92 Å². The number of nitrogens with zero attached hydrogens (tertiary/aromatic N) is 1. The van der Waals surface area contributed by atoms with Gasteiger partial charge in [0.1, 0.15) is 0 Å². The van der Waals surface area contributed by atoms with Crippen LogP contribution >= 0.6 is 0 Å². The maximum Gasteiger partial charge on any atom is 0.407 e. The largest absolute Gasteiger partial charge is 0.465 e. The number of amides is 1. The molecule has 82 valence electrons. The highest BCUT2D eigenvalue weighted by molar-refractivity contribution is 5.64. The van der Waals surface area contributed by atoms with Gasteiger partial charge in [-0.2, -0.15) is 0 Å². The highest BCUT2D eigenvalue weighted by Gasteiger charge is 2.21. The summed E-state index contributed by atoms with van der Waals surface area (Å²) in [6.45, 7) is 3.10. The van der Waals surface area contributed by atoms with E-state index in [-0.39, 0.29) is 6.10 Å². The van der Waals surface area contributed by atoms with Gasteiger partial charge in [-0.05, 0) is 38.5 Å². The Balaban J connectivity index is 2.19. The zero-order valence-electron chi connectivity index (χ0n) is 8.65. The van der Waals surface area contributed by atoms with Crippen molar-refractivity contribution in [1.82, 2.24) is 4.90 Å². The third kappa shape index (κ3) is 3.54. The van der Waals surface area contributed by atoms with Gasteiger partial charge in [0.25, 0.3) is 0 Å². The van der Waals surface area contributed by atoms with Gasteiger partial charge in [-0.15, -0.1) is 0 Å². The van der Waals surface area contributed by atoms with Gasteiger partial charge in [0.05, 0.1) is 6.10 Å². The van der Waals surface area contributed by atoms with Crippen molar-refractivity contribution < 1.29 is 15.0 Å². The minimum absolute atomic E-state index is 0.229. The molecule has 1 saturated heterocycles. The molecule has 0 aliphatic carbocycles. The van der Waals surface area contributed by atoms with Crippen LogP contribution in [-0.4, -0.2) is 40.4 Å². The van der Waals surface area contributed by atoms with Crippen LogP contribution in [0.15, 0.2) is 0 Å². The summed E-state index contributed by atoms with van der Waals surface area (Å²) < 4.78 is 0. The molecule has 1 aliphatic heterocycles. The summed E-state index contributed by atoms with van der Waals surface area (Å²) >= 11 is 0. The average Bonchev–Trinajstić information content (AvgIpc) is 2.15. The zero-order chi connectivity index (χ0) is 10.6. The first-order valence-electron chi connectivity index (χ1n) is 5.25. The number of rotatable bonds is 3. The van der Waals surface area contributed by atoms with Crippen LogP contribution in [0.2, 0.25) is 0 Å². The molecule has 1 fully saturated rings. The molecule has 4 heteroatoms. The van der Waals surface area contributed by atoms with Gasteiger partial charge in [0.15, 0.2) is 0 Å². The molecule has 0 aromatic rings. The van der Waals surface area contributed by atoms with E-state index in [0.717, 1.165) is 25.7 Å². The Morgan fingerprint density at radius 3 is 2.50 bits per heavy atom. The van der Waals surface area contributed by atoms with Gasteiger partial charge in [0.2, 0.25) is 0 Å². The summed E-state index contributed by atoms with van der Waals surface area (Å²) in [5, 5.41) is 17.8. The number of aliphatic hydroxyl groups excluding tert-OH is 1. The molecular weight excluding hydrogens is 182 g/mol. The summed E-state index contributed by atoms with van der Waals surface area (Å²) in [5.41, 5.74) is 0. The molecule has 2 N–H and O–H groups in total. The molecule has 1 heterocycles. The van der Waals surface area contributed by atoms with E-state index in [1.165, 1.54) is 4.90 Å². The molecule has 0 saturated carbocycles. The number of likely N-dealkylation sites (tertiary alicyclic amines) is 1. The van der Waals surface area contributed by atoms with Crippen molar-refractivity contribution in [2.75, 3.05) is 13.1 Å². The van der Waals surface area contributed by atoms with Gasteiger partial charge < -0.3 is 15.1 Å². The molecule has 1 aliphatic rings. The number of carbonyl (C=O) groups is 1. The summed E-state index contributed by atoms with van der Waals surface area (Å²) in [7, 11) is 0. The zero-order valence-corrected chi connectivity index (χ0v) is 8.65. The van der Waals surface area contributed by atoms with Crippen LogP contribution in [0.1, 0.15) is 32.6 Å². The van der Waals surface area contributed by atoms with E-state index < -0.39 is 6.09 Å². The lowest BCUT2D eigenvalue weighted by molar-refractivity contribution is 0.116. The van der Waals surface area contributed by atoms with Crippen molar-refractivity contribution in [3.63, 3.8) is 0 Å². The van der Waals surface area contributed by atoms with E-state index in [4.69, 9.17) is 10.2 Å². The van der Waals surface area contributed by atoms with E-state index in [2.05, 4.69) is 0 Å². The molecule has 0 radical (unpaired) electrons. The normalized spacial score (nSPS) is 20.9. The standard InChI is InChI=1S/C10H19NO3/c1-8(12)2-3-9-4-6-11(7-5-9)10(13)14/h8-9,12H,2-7H2,1H3,(H,13,14)/t8-/m0/s1. The second-order valence-corrected chi connectivity index (χ2v) is 4.14. The van der Waals surface area contributed by atoms with Crippen LogP contribution in [0, 0.1) is 5.92 Å². The Hall–Kier alpha value is -0.770. The monoisotopic (exact) mass is 201 g/mol. The molecule has 0 spiro atoms. The lowest BCUT2D eigenvalue weighted by Crippen LogP contribution is -2.37. The smallest absolute Gasteiger partial charge is 0.407 e. The molecule has 14 heavy (non-hydrogen) atoms. The van der Waals surface area contributed by atoms with E-state index >= 15 is 0 Å². The number of aliphatic hydroxyl groups is 1. The molecule has 4 nitrogen and oxygen atoms in total. The molecule has 0 bridgehead atoms. The Labute approximate surface area is 84.5 Å². The number of hydrogen-bond donors (Lipinski definition) is 2. The van der Waals surface area contributed by atoms with Crippen molar-refractivity contribution >= 4 is 6.09 Å². The number of carboxylic acid groups (broad SMARTS) is 1. The van der Waals surface area contributed by atoms with Crippen molar-refractivity contribution in [2.45, 2.75) is 38.7 Å². The lowest BCUT2D eigenvalue weighted by Gasteiger charge is -2.30. The van der Waals surface area contributed by atoms with Crippen LogP contribution in [0.25, 0.3) is 0 Å². The first kappa shape index (κ1) is 11.3. The average molecular weight is 201 g/mol. The maximum atomic E-state index is 10.6. The first-order chi connectivity index (χ1) is 6.59. The Kier molecular flexibility index (Phi) is 4.20. The predicted octanol–water partition coefficient (Wildman–Crippen LogP) is 1.54. The third-order valence-electron chi connectivity index (χ3n) is 2.88. The van der Waals surface area contributed by atoms with Crippen LogP contribution in [0.4, 0.5) is 4.79 Å². The molecule has 1 rings (SSSR count). The van der Waals surface area contributed by atoms with Crippen molar-refractivity contribution in [3.8, 4) is 0 Å². The van der Waals surface area contributed by atoms with Crippen molar-refractivity contribution in [1.29, 1.82) is 0 Å². The molecule has 0 aromatic carbocycles. The lowest BCUT2D eigenvalue weighted by atomic mass is 9.91. The summed E-state index contributed by atoms with van der Waals surface area (Å²) in [6, 6.07) is 0. The fourth-order valence-corrected chi connectivity index (χ4v) is 1.89. The van der Waals surface area contributed by atoms with Crippen LogP contribution < -0.4 is 0 Å². The summed E-state index contributed by atoms with van der Waals surface area (Å²) in [4.78, 5) is 12.1. The predicted molar refractivity (Wildman–Crippen MR) is 53.2 cm³/mol.